The van der Waals surface area contributed by atoms with Crippen molar-refractivity contribution in [3.05, 3.63) is 40.4 Å². The van der Waals surface area contributed by atoms with E-state index in [1.165, 1.54) is 0 Å². The highest BCUT2D eigenvalue weighted by Crippen LogP contribution is 2.20. The van der Waals surface area contributed by atoms with Crippen LogP contribution in [0, 0.1) is 0 Å². The minimum atomic E-state index is -0.460. The van der Waals surface area contributed by atoms with Crippen molar-refractivity contribution in [2.45, 2.75) is 31.5 Å². The standard InChI is InChI=1S/C20H27N5O3/c1-21-11-14-5-4-8-25(14)20(27)17-12-24(9-10-28-17)13-18-22-16-7-3-2-6-15(16)19(26)23-18/h2-3,6-7,14,17,21H,4-5,8-13H2,1H3,(H,22,23,26). The lowest BCUT2D eigenvalue weighted by Crippen LogP contribution is -2.53. The third kappa shape index (κ3) is 3.94. The van der Waals surface area contributed by atoms with Crippen LogP contribution in [0.1, 0.15) is 18.7 Å². The molecule has 2 saturated heterocycles. The first-order valence-electron chi connectivity index (χ1n) is 9.92. The average molecular weight is 385 g/mol. The van der Waals surface area contributed by atoms with Crippen molar-refractivity contribution in [1.29, 1.82) is 0 Å². The minimum Gasteiger partial charge on any atom is -0.366 e. The van der Waals surface area contributed by atoms with Crippen molar-refractivity contribution >= 4 is 16.8 Å². The average Bonchev–Trinajstić information content (AvgIpc) is 3.16. The Balaban J connectivity index is 1.44. The molecule has 2 aliphatic heterocycles. The summed E-state index contributed by atoms with van der Waals surface area (Å²) >= 11 is 0. The largest absolute Gasteiger partial charge is 0.366 e. The number of carbonyl (C=O) groups excluding carboxylic acids is 1. The summed E-state index contributed by atoms with van der Waals surface area (Å²) in [5.41, 5.74) is 0.558. The molecule has 2 aromatic rings. The first kappa shape index (κ1) is 19.0. The predicted molar refractivity (Wildman–Crippen MR) is 106 cm³/mol. The highest BCUT2D eigenvalue weighted by molar-refractivity contribution is 5.82. The molecule has 2 fully saturated rings. The van der Waals surface area contributed by atoms with Crippen LogP contribution in [0.25, 0.3) is 10.9 Å². The molecule has 0 bridgehead atoms. The number of rotatable bonds is 5. The van der Waals surface area contributed by atoms with E-state index in [0.29, 0.717) is 43.0 Å². The van der Waals surface area contributed by atoms with Crippen LogP contribution in [0.15, 0.2) is 29.1 Å². The molecule has 2 unspecified atom stereocenters. The number of likely N-dealkylation sites (N-methyl/N-ethyl adjacent to an activating group) is 1. The zero-order chi connectivity index (χ0) is 19.5. The number of aromatic nitrogens is 2. The summed E-state index contributed by atoms with van der Waals surface area (Å²) in [5, 5.41) is 3.76. The molecular weight excluding hydrogens is 358 g/mol. The number of likely N-dealkylation sites (tertiary alicyclic amines) is 1. The van der Waals surface area contributed by atoms with E-state index < -0.39 is 6.10 Å². The summed E-state index contributed by atoms with van der Waals surface area (Å²) in [6, 6.07) is 7.56. The Morgan fingerprint density at radius 1 is 1.36 bits per heavy atom. The van der Waals surface area contributed by atoms with Gasteiger partial charge in [-0.05, 0) is 32.0 Å². The second-order valence-electron chi connectivity index (χ2n) is 7.51. The van der Waals surface area contributed by atoms with Crippen LogP contribution in [0.2, 0.25) is 0 Å². The molecule has 1 aromatic carbocycles. The number of morpholine rings is 1. The van der Waals surface area contributed by atoms with E-state index in [9.17, 15) is 9.59 Å². The number of fused-ring (bicyclic) bond motifs is 1. The van der Waals surface area contributed by atoms with Crippen molar-refractivity contribution < 1.29 is 9.53 Å². The summed E-state index contributed by atoms with van der Waals surface area (Å²) in [6.07, 6.45) is 1.61. The number of para-hydroxylation sites is 1. The Morgan fingerprint density at radius 2 is 2.21 bits per heavy atom. The summed E-state index contributed by atoms with van der Waals surface area (Å²) in [4.78, 5) is 36.8. The van der Waals surface area contributed by atoms with Gasteiger partial charge < -0.3 is 19.9 Å². The third-order valence-electron chi connectivity index (χ3n) is 5.56. The van der Waals surface area contributed by atoms with Gasteiger partial charge in [-0.3, -0.25) is 14.5 Å². The maximum atomic E-state index is 13.0. The smallest absolute Gasteiger partial charge is 0.258 e. The van der Waals surface area contributed by atoms with E-state index in [-0.39, 0.29) is 17.5 Å². The molecule has 2 atom stereocenters. The Bertz CT molecular complexity index is 899. The van der Waals surface area contributed by atoms with Gasteiger partial charge in [-0.1, -0.05) is 12.1 Å². The van der Waals surface area contributed by atoms with Crippen molar-refractivity contribution in [3.8, 4) is 0 Å². The molecule has 150 valence electrons. The number of nitrogens with one attached hydrogen (secondary N) is 2. The molecule has 28 heavy (non-hydrogen) atoms. The lowest BCUT2D eigenvalue weighted by molar-refractivity contribution is -0.150. The lowest BCUT2D eigenvalue weighted by atomic mass is 10.2. The molecule has 8 nitrogen and oxygen atoms in total. The van der Waals surface area contributed by atoms with Gasteiger partial charge in [-0.15, -0.1) is 0 Å². The highest BCUT2D eigenvalue weighted by Gasteiger charge is 2.35. The number of H-pyrrole nitrogens is 1. The highest BCUT2D eigenvalue weighted by atomic mass is 16.5. The van der Waals surface area contributed by atoms with E-state index in [1.807, 2.05) is 30.1 Å². The van der Waals surface area contributed by atoms with Gasteiger partial charge in [-0.2, -0.15) is 0 Å². The summed E-state index contributed by atoms with van der Waals surface area (Å²) in [6.45, 7) is 3.82. The first-order chi connectivity index (χ1) is 13.7. The number of carbonyl (C=O) groups is 1. The maximum Gasteiger partial charge on any atom is 0.258 e. The van der Waals surface area contributed by atoms with E-state index >= 15 is 0 Å². The van der Waals surface area contributed by atoms with Crippen LogP contribution in [0.4, 0.5) is 0 Å². The van der Waals surface area contributed by atoms with E-state index in [0.717, 1.165) is 25.9 Å². The SMILES string of the molecule is CNCC1CCCN1C(=O)C1CN(Cc2nc3ccccc3c(=O)[nH]2)CCO1. The van der Waals surface area contributed by atoms with Crippen molar-refractivity contribution in [1.82, 2.24) is 25.1 Å². The zero-order valence-electron chi connectivity index (χ0n) is 16.2. The number of hydrogen-bond donors (Lipinski definition) is 2. The van der Waals surface area contributed by atoms with Gasteiger partial charge in [0.2, 0.25) is 0 Å². The number of benzene rings is 1. The summed E-state index contributed by atoms with van der Waals surface area (Å²) in [5.74, 6) is 0.688. The molecule has 0 spiro atoms. The quantitative estimate of drug-likeness (QED) is 0.771. The van der Waals surface area contributed by atoms with Gasteiger partial charge in [-0.25, -0.2) is 4.98 Å². The van der Waals surface area contributed by atoms with Crippen molar-refractivity contribution in [3.63, 3.8) is 0 Å². The lowest BCUT2D eigenvalue weighted by Gasteiger charge is -2.35. The molecule has 3 heterocycles. The van der Waals surface area contributed by atoms with Crippen molar-refractivity contribution in [2.75, 3.05) is 39.8 Å². The molecule has 1 amide bonds. The summed E-state index contributed by atoms with van der Waals surface area (Å²) in [7, 11) is 1.91. The van der Waals surface area contributed by atoms with Crippen LogP contribution < -0.4 is 10.9 Å². The molecule has 0 saturated carbocycles. The molecule has 0 radical (unpaired) electrons. The normalized spacial score (nSPS) is 23.4. The van der Waals surface area contributed by atoms with Crippen molar-refractivity contribution in [2.24, 2.45) is 0 Å². The maximum absolute atomic E-state index is 13.0. The molecule has 8 heteroatoms. The zero-order valence-corrected chi connectivity index (χ0v) is 16.2. The van der Waals surface area contributed by atoms with Gasteiger partial charge in [0.25, 0.3) is 11.5 Å². The fraction of sp³-hybridized carbons (Fsp3) is 0.550. The second-order valence-corrected chi connectivity index (χ2v) is 7.51. The number of nitrogens with zero attached hydrogens (tertiary/aromatic N) is 3. The molecule has 0 aliphatic carbocycles. The number of amides is 1. The predicted octanol–water partition coefficient (Wildman–Crippen LogP) is 0.334. The number of ether oxygens (including phenoxy) is 1. The van der Waals surface area contributed by atoms with Crippen LogP contribution >= 0.6 is 0 Å². The number of hydrogen-bond acceptors (Lipinski definition) is 6. The van der Waals surface area contributed by atoms with Gasteiger partial charge in [0.1, 0.15) is 11.9 Å². The Hall–Kier alpha value is -2.29. The van der Waals surface area contributed by atoms with Crippen LogP contribution in [0.3, 0.4) is 0 Å². The monoisotopic (exact) mass is 385 g/mol. The molecule has 2 aliphatic rings. The second kappa shape index (κ2) is 8.38. The Kier molecular flexibility index (Phi) is 5.70. The van der Waals surface area contributed by atoms with Crippen LogP contribution in [-0.2, 0) is 16.1 Å². The fourth-order valence-corrected chi connectivity index (χ4v) is 4.18. The first-order valence-corrected chi connectivity index (χ1v) is 9.92. The molecule has 2 N–H and O–H groups in total. The molecule has 4 rings (SSSR count). The minimum absolute atomic E-state index is 0.0717. The van der Waals surface area contributed by atoms with E-state index in [2.05, 4.69) is 20.2 Å². The summed E-state index contributed by atoms with van der Waals surface area (Å²) < 4.78 is 5.79. The fourth-order valence-electron chi connectivity index (χ4n) is 4.18. The van der Waals surface area contributed by atoms with Crippen LogP contribution in [0.5, 0.6) is 0 Å². The van der Waals surface area contributed by atoms with Gasteiger partial charge in [0, 0.05) is 32.2 Å². The molecule has 1 aromatic heterocycles. The number of aromatic amines is 1. The van der Waals surface area contributed by atoms with Gasteiger partial charge in [0.05, 0.1) is 24.1 Å². The molecular formula is C20H27N5O3. The van der Waals surface area contributed by atoms with E-state index in [1.54, 1.807) is 6.07 Å². The Labute approximate surface area is 163 Å². The van der Waals surface area contributed by atoms with Gasteiger partial charge in [0.15, 0.2) is 0 Å². The van der Waals surface area contributed by atoms with E-state index in [4.69, 9.17) is 4.74 Å². The van der Waals surface area contributed by atoms with Gasteiger partial charge >= 0.3 is 0 Å². The van der Waals surface area contributed by atoms with Crippen LogP contribution in [-0.4, -0.2) is 77.7 Å². The topological polar surface area (TPSA) is 90.6 Å². The Morgan fingerprint density at radius 3 is 3.07 bits per heavy atom. The third-order valence-corrected chi connectivity index (χ3v) is 5.56.